The van der Waals surface area contributed by atoms with E-state index in [1.807, 2.05) is 0 Å². The quantitative estimate of drug-likeness (QED) is 0.517. The van der Waals surface area contributed by atoms with Crippen LogP contribution in [0.15, 0.2) is 0 Å². The molecule has 0 saturated carbocycles. The number of ether oxygens (including phenoxy) is 1. The highest BCUT2D eigenvalue weighted by Gasteiger charge is 2.49. The van der Waals surface area contributed by atoms with Gasteiger partial charge >= 0.3 is 5.97 Å². The Labute approximate surface area is 81.7 Å². The average molecular weight is 200 g/mol. The van der Waals surface area contributed by atoms with E-state index < -0.39 is 8.07 Å². The molecule has 1 heterocycles. The van der Waals surface area contributed by atoms with Crippen molar-refractivity contribution >= 4 is 14.0 Å². The number of hydrogen-bond acceptors (Lipinski definition) is 2. The lowest BCUT2D eigenvalue weighted by Gasteiger charge is -2.42. The van der Waals surface area contributed by atoms with E-state index in [0.717, 1.165) is 6.42 Å². The van der Waals surface area contributed by atoms with E-state index in [2.05, 4.69) is 33.5 Å². The van der Waals surface area contributed by atoms with Crippen LogP contribution in [0.5, 0.6) is 0 Å². The van der Waals surface area contributed by atoms with Crippen LogP contribution >= 0.6 is 0 Å². The fourth-order valence-corrected chi connectivity index (χ4v) is 4.02. The predicted molar refractivity (Wildman–Crippen MR) is 56.4 cm³/mol. The summed E-state index contributed by atoms with van der Waals surface area (Å²) >= 11 is 0. The van der Waals surface area contributed by atoms with Crippen molar-refractivity contribution in [3.05, 3.63) is 0 Å². The van der Waals surface area contributed by atoms with Gasteiger partial charge in [0.05, 0.1) is 13.6 Å². The van der Waals surface area contributed by atoms with Gasteiger partial charge in [-0.05, 0) is 12.3 Å². The first kappa shape index (κ1) is 10.8. The molecular weight excluding hydrogens is 180 g/mol. The molecule has 1 fully saturated rings. The predicted octanol–water partition coefficient (Wildman–Crippen LogP) is 2.67. The highest BCUT2D eigenvalue weighted by atomic mass is 28.3. The Kier molecular flexibility index (Phi) is 2.85. The Morgan fingerprint density at radius 1 is 1.38 bits per heavy atom. The standard InChI is InChI=1S/C10H20O2Si/c1-7(2)6-8-9(10(11)12-8)13(3,4)5/h7-9H,6H2,1-5H3/t8-,9+/m1/s1. The third-order valence-corrected chi connectivity index (χ3v) is 5.00. The van der Waals surface area contributed by atoms with Crippen LogP contribution in [0.3, 0.4) is 0 Å². The van der Waals surface area contributed by atoms with Gasteiger partial charge in [0.15, 0.2) is 0 Å². The molecule has 3 heteroatoms. The third-order valence-electron chi connectivity index (χ3n) is 2.53. The van der Waals surface area contributed by atoms with Crippen molar-refractivity contribution < 1.29 is 9.53 Å². The van der Waals surface area contributed by atoms with Crippen molar-refractivity contribution in [2.75, 3.05) is 0 Å². The van der Waals surface area contributed by atoms with Crippen molar-refractivity contribution in [2.45, 2.75) is 51.6 Å². The number of rotatable bonds is 3. The normalized spacial score (nSPS) is 28.6. The van der Waals surface area contributed by atoms with Gasteiger partial charge in [-0.25, -0.2) is 0 Å². The molecule has 0 aromatic carbocycles. The topological polar surface area (TPSA) is 26.3 Å². The van der Waals surface area contributed by atoms with Gasteiger partial charge in [-0.3, -0.25) is 4.79 Å². The zero-order chi connectivity index (χ0) is 10.2. The van der Waals surface area contributed by atoms with E-state index in [0.29, 0.717) is 5.92 Å². The minimum absolute atomic E-state index is 0.0461. The van der Waals surface area contributed by atoms with Crippen LogP contribution in [0.25, 0.3) is 0 Å². The molecule has 1 aliphatic heterocycles. The van der Waals surface area contributed by atoms with Crippen LogP contribution in [-0.4, -0.2) is 20.1 Å². The Hall–Kier alpha value is -0.313. The Balaban J connectivity index is 2.57. The summed E-state index contributed by atoms with van der Waals surface area (Å²) in [5, 5.41) is 0. The zero-order valence-corrected chi connectivity index (χ0v) is 10.3. The van der Waals surface area contributed by atoms with E-state index in [9.17, 15) is 4.79 Å². The van der Waals surface area contributed by atoms with E-state index in [1.165, 1.54) is 0 Å². The van der Waals surface area contributed by atoms with Crippen LogP contribution in [0.4, 0.5) is 0 Å². The molecule has 0 N–H and O–H groups in total. The van der Waals surface area contributed by atoms with Gasteiger partial charge in [-0.15, -0.1) is 0 Å². The highest BCUT2D eigenvalue weighted by molar-refractivity contribution is 6.81. The zero-order valence-electron chi connectivity index (χ0n) is 9.26. The molecule has 2 nitrogen and oxygen atoms in total. The van der Waals surface area contributed by atoms with Gasteiger partial charge in [-0.2, -0.15) is 0 Å². The molecule has 1 rings (SSSR count). The first-order valence-corrected chi connectivity index (χ1v) is 8.60. The number of hydrogen-bond donors (Lipinski definition) is 0. The molecule has 13 heavy (non-hydrogen) atoms. The van der Waals surface area contributed by atoms with Gasteiger partial charge in [0, 0.05) is 0 Å². The molecule has 0 unspecified atom stereocenters. The van der Waals surface area contributed by atoms with Crippen molar-refractivity contribution in [3.63, 3.8) is 0 Å². The molecule has 0 spiro atoms. The van der Waals surface area contributed by atoms with Gasteiger partial charge in [0.25, 0.3) is 0 Å². The van der Waals surface area contributed by atoms with Crippen molar-refractivity contribution in [1.82, 2.24) is 0 Å². The highest BCUT2D eigenvalue weighted by Crippen LogP contribution is 2.40. The van der Waals surface area contributed by atoms with Crippen LogP contribution in [0.1, 0.15) is 20.3 Å². The molecule has 0 aromatic rings. The smallest absolute Gasteiger partial charge is 0.310 e. The minimum atomic E-state index is -1.34. The van der Waals surface area contributed by atoms with E-state index in [4.69, 9.17) is 4.74 Å². The monoisotopic (exact) mass is 200 g/mol. The lowest BCUT2D eigenvalue weighted by Crippen LogP contribution is -2.52. The van der Waals surface area contributed by atoms with Crippen LogP contribution in [0, 0.1) is 5.92 Å². The second kappa shape index (κ2) is 3.44. The maximum Gasteiger partial charge on any atom is 0.310 e. The minimum Gasteiger partial charge on any atom is -0.462 e. The summed E-state index contributed by atoms with van der Waals surface area (Å²) < 4.78 is 5.18. The molecule has 0 radical (unpaired) electrons. The van der Waals surface area contributed by atoms with E-state index in [1.54, 1.807) is 0 Å². The summed E-state index contributed by atoms with van der Waals surface area (Å²) in [5.41, 5.74) is 0.245. The summed E-state index contributed by atoms with van der Waals surface area (Å²) in [6, 6.07) is 0. The van der Waals surface area contributed by atoms with Gasteiger partial charge in [0.1, 0.15) is 6.10 Å². The van der Waals surface area contributed by atoms with E-state index in [-0.39, 0.29) is 17.6 Å². The van der Waals surface area contributed by atoms with Crippen molar-refractivity contribution in [1.29, 1.82) is 0 Å². The SMILES string of the molecule is CC(C)C[C@H]1OC(=O)[C@H]1[Si](C)(C)C. The molecule has 0 bridgehead atoms. The Morgan fingerprint density at radius 2 is 1.92 bits per heavy atom. The van der Waals surface area contributed by atoms with Crippen molar-refractivity contribution in [3.8, 4) is 0 Å². The van der Waals surface area contributed by atoms with Gasteiger partial charge < -0.3 is 4.74 Å². The lowest BCUT2D eigenvalue weighted by atomic mass is 10.00. The van der Waals surface area contributed by atoms with Gasteiger partial charge in [-0.1, -0.05) is 33.5 Å². The summed E-state index contributed by atoms with van der Waals surface area (Å²) in [7, 11) is -1.34. The number of esters is 1. The summed E-state index contributed by atoms with van der Waals surface area (Å²) in [5.74, 6) is 0.668. The largest absolute Gasteiger partial charge is 0.462 e. The molecule has 76 valence electrons. The number of carbonyl (C=O) groups excluding carboxylic acids is 1. The van der Waals surface area contributed by atoms with Crippen LogP contribution in [0.2, 0.25) is 25.2 Å². The molecule has 1 saturated heterocycles. The maximum absolute atomic E-state index is 11.3. The van der Waals surface area contributed by atoms with E-state index >= 15 is 0 Å². The van der Waals surface area contributed by atoms with Gasteiger partial charge in [0.2, 0.25) is 0 Å². The summed E-state index contributed by atoms with van der Waals surface area (Å²) in [6.45, 7) is 11.1. The lowest BCUT2D eigenvalue weighted by molar-refractivity contribution is -0.170. The summed E-state index contributed by atoms with van der Waals surface area (Å²) in [4.78, 5) is 11.3. The Morgan fingerprint density at radius 3 is 2.23 bits per heavy atom. The summed E-state index contributed by atoms with van der Waals surface area (Å²) in [6.07, 6.45) is 1.25. The van der Waals surface area contributed by atoms with Crippen molar-refractivity contribution in [2.24, 2.45) is 5.92 Å². The molecule has 0 aliphatic carbocycles. The second-order valence-electron chi connectivity index (χ2n) is 5.45. The van der Waals surface area contributed by atoms with Crippen LogP contribution < -0.4 is 0 Å². The van der Waals surface area contributed by atoms with Crippen LogP contribution in [-0.2, 0) is 9.53 Å². The first-order chi connectivity index (χ1) is 5.82. The third kappa shape index (κ3) is 2.33. The molecular formula is C10H20O2Si. The fraction of sp³-hybridized carbons (Fsp3) is 0.900. The molecule has 0 aromatic heterocycles. The first-order valence-electron chi connectivity index (χ1n) is 5.03. The fourth-order valence-electron chi connectivity index (χ4n) is 1.93. The molecule has 0 amide bonds. The molecule has 2 atom stereocenters. The Bertz CT molecular complexity index is 205. The number of carbonyl (C=O) groups is 1. The molecule has 1 aliphatic rings. The second-order valence-corrected chi connectivity index (χ2v) is 10.8. The number of cyclic esters (lactones) is 1. The maximum atomic E-state index is 11.3. The average Bonchev–Trinajstić information content (AvgIpc) is 1.79.